The molecular formula is C14H14N2OS. The Kier molecular flexibility index (Phi) is 2.91. The van der Waals surface area contributed by atoms with E-state index < -0.39 is 0 Å². The van der Waals surface area contributed by atoms with Crippen molar-refractivity contribution in [2.75, 3.05) is 0 Å². The third-order valence-corrected chi connectivity index (χ3v) is 4.14. The van der Waals surface area contributed by atoms with Gasteiger partial charge in [0.25, 0.3) is 0 Å². The largest absolute Gasteiger partial charge is 0.459 e. The fourth-order valence-electron chi connectivity index (χ4n) is 2.11. The van der Waals surface area contributed by atoms with Gasteiger partial charge in [0.05, 0.1) is 0 Å². The van der Waals surface area contributed by atoms with E-state index in [-0.39, 0.29) is 6.04 Å². The number of hydrogen-bond donors (Lipinski definition) is 2. The summed E-state index contributed by atoms with van der Waals surface area (Å²) in [6, 6.07) is 12.0. The highest BCUT2D eigenvalue weighted by molar-refractivity contribution is 7.10. The van der Waals surface area contributed by atoms with E-state index in [1.54, 1.807) is 11.3 Å². The van der Waals surface area contributed by atoms with Crippen LogP contribution in [0.4, 0.5) is 0 Å². The Morgan fingerprint density at radius 2 is 2.11 bits per heavy atom. The third kappa shape index (κ3) is 1.84. The summed E-state index contributed by atoms with van der Waals surface area (Å²) in [5.41, 5.74) is 4.96. The highest BCUT2D eigenvalue weighted by atomic mass is 32.1. The first-order valence-electron chi connectivity index (χ1n) is 5.78. The molecule has 2 heterocycles. The van der Waals surface area contributed by atoms with E-state index in [9.17, 15) is 0 Å². The molecule has 0 aliphatic carbocycles. The van der Waals surface area contributed by atoms with Crippen molar-refractivity contribution in [2.45, 2.75) is 13.0 Å². The van der Waals surface area contributed by atoms with Crippen molar-refractivity contribution in [3.05, 3.63) is 58.0 Å². The smallest absolute Gasteiger partial charge is 0.134 e. The lowest BCUT2D eigenvalue weighted by molar-refractivity contribution is 0.480. The Morgan fingerprint density at radius 3 is 2.78 bits per heavy atom. The predicted octanol–water partition coefficient (Wildman–Crippen LogP) is 3.36. The van der Waals surface area contributed by atoms with E-state index in [4.69, 9.17) is 10.3 Å². The average molecular weight is 258 g/mol. The highest BCUT2D eigenvalue weighted by Gasteiger charge is 2.19. The van der Waals surface area contributed by atoms with Gasteiger partial charge in [0, 0.05) is 10.3 Å². The summed E-state index contributed by atoms with van der Waals surface area (Å²) in [5.74, 6) is 6.53. The number of aryl methyl sites for hydroxylation is 1. The van der Waals surface area contributed by atoms with E-state index in [1.165, 1.54) is 10.4 Å². The number of para-hydroxylation sites is 1. The number of hydrazine groups is 1. The molecule has 92 valence electrons. The number of furan rings is 1. The predicted molar refractivity (Wildman–Crippen MR) is 74.4 cm³/mol. The molecule has 3 N–H and O–H groups in total. The van der Waals surface area contributed by atoms with Gasteiger partial charge in [-0.1, -0.05) is 18.2 Å². The van der Waals surface area contributed by atoms with Crippen LogP contribution in [0.3, 0.4) is 0 Å². The molecule has 4 heteroatoms. The minimum absolute atomic E-state index is 0.0857. The Hall–Kier alpha value is -1.62. The van der Waals surface area contributed by atoms with Crippen molar-refractivity contribution in [2.24, 2.45) is 5.84 Å². The molecule has 2 aromatic heterocycles. The fraction of sp³-hybridized carbons (Fsp3) is 0.143. The molecule has 0 radical (unpaired) electrons. The van der Waals surface area contributed by atoms with Gasteiger partial charge in [0.1, 0.15) is 17.4 Å². The lowest BCUT2D eigenvalue weighted by Gasteiger charge is -2.12. The monoisotopic (exact) mass is 258 g/mol. The Bertz CT molecular complexity index is 638. The van der Waals surface area contributed by atoms with Gasteiger partial charge in [-0.05, 0) is 36.1 Å². The summed E-state index contributed by atoms with van der Waals surface area (Å²) in [4.78, 5) is 1.19. The minimum Gasteiger partial charge on any atom is -0.459 e. The van der Waals surface area contributed by atoms with Gasteiger partial charge in [-0.2, -0.15) is 0 Å². The molecule has 1 unspecified atom stereocenters. The number of rotatable bonds is 3. The average Bonchev–Trinajstić information content (AvgIpc) is 2.97. The lowest BCUT2D eigenvalue weighted by atomic mass is 10.1. The Morgan fingerprint density at radius 1 is 1.28 bits per heavy atom. The third-order valence-electron chi connectivity index (χ3n) is 3.06. The molecule has 3 rings (SSSR count). The van der Waals surface area contributed by atoms with Crippen molar-refractivity contribution in [1.82, 2.24) is 5.43 Å². The van der Waals surface area contributed by atoms with Gasteiger partial charge >= 0.3 is 0 Å². The van der Waals surface area contributed by atoms with E-state index >= 15 is 0 Å². The highest BCUT2D eigenvalue weighted by Crippen LogP contribution is 2.32. The second-order valence-electron chi connectivity index (χ2n) is 4.25. The second kappa shape index (κ2) is 4.57. The summed E-state index contributed by atoms with van der Waals surface area (Å²) in [6.45, 7) is 2.08. The molecule has 18 heavy (non-hydrogen) atoms. The van der Waals surface area contributed by atoms with Crippen molar-refractivity contribution in [3.8, 4) is 0 Å². The van der Waals surface area contributed by atoms with Crippen LogP contribution in [-0.2, 0) is 0 Å². The number of fused-ring (bicyclic) bond motifs is 1. The van der Waals surface area contributed by atoms with Gasteiger partial charge in [0.15, 0.2) is 0 Å². The van der Waals surface area contributed by atoms with Gasteiger partial charge in [-0.3, -0.25) is 5.84 Å². The van der Waals surface area contributed by atoms with Gasteiger partial charge in [0.2, 0.25) is 0 Å². The molecule has 0 aliphatic heterocycles. The van der Waals surface area contributed by atoms with Gasteiger partial charge < -0.3 is 4.42 Å². The van der Waals surface area contributed by atoms with Crippen molar-refractivity contribution >= 4 is 22.3 Å². The second-order valence-corrected chi connectivity index (χ2v) is 5.20. The Balaban J connectivity index is 2.09. The summed E-state index contributed by atoms with van der Waals surface area (Å²) in [6.07, 6.45) is 0. The van der Waals surface area contributed by atoms with Crippen LogP contribution in [0.1, 0.15) is 22.2 Å². The zero-order valence-corrected chi connectivity index (χ0v) is 10.8. The number of nitrogens with one attached hydrogen (secondary N) is 1. The molecule has 3 nitrogen and oxygen atoms in total. The normalized spacial score (nSPS) is 13.0. The zero-order chi connectivity index (χ0) is 12.5. The molecule has 0 fully saturated rings. The number of nitrogens with two attached hydrogens (primary N) is 1. The summed E-state index contributed by atoms with van der Waals surface area (Å²) < 4.78 is 5.86. The first-order valence-corrected chi connectivity index (χ1v) is 6.66. The minimum atomic E-state index is -0.0857. The molecule has 1 atom stereocenters. The van der Waals surface area contributed by atoms with E-state index in [0.29, 0.717) is 0 Å². The molecule has 0 saturated carbocycles. The molecule has 0 spiro atoms. The maximum Gasteiger partial charge on any atom is 0.134 e. The standard InChI is InChI=1S/C14H14N2OS/c1-9-6-7-18-14(9)13(16-15)12-8-10-4-2-3-5-11(10)17-12/h2-8,13,16H,15H2,1H3. The number of hydrogen-bond acceptors (Lipinski definition) is 4. The molecule has 3 aromatic rings. The summed E-state index contributed by atoms with van der Waals surface area (Å²) >= 11 is 1.68. The quantitative estimate of drug-likeness (QED) is 0.559. The lowest BCUT2D eigenvalue weighted by Crippen LogP contribution is -2.28. The maximum absolute atomic E-state index is 5.86. The molecule has 0 saturated heterocycles. The molecule has 1 aromatic carbocycles. The van der Waals surface area contributed by atoms with E-state index in [0.717, 1.165) is 16.7 Å². The van der Waals surface area contributed by atoms with Crippen molar-refractivity contribution < 1.29 is 4.42 Å². The SMILES string of the molecule is Cc1ccsc1C(NN)c1cc2ccccc2o1. The van der Waals surface area contributed by atoms with Crippen molar-refractivity contribution in [1.29, 1.82) is 0 Å². The van der Waals surface area contributed by atoms with Crippen LogP contribution >= 0.6 is 11.3 Å². The van der Waals surface area contributed by atoms with Crippen LogP contribution in [0.2, 0.25) is 0 Å². The van der Waals surface area contributed by atoms with E-state index in [2.05, 4.69) is 23.8 Å². The number of benzene rings is 1. The fourth-order valence-corrected chi connectivity index (χ4v) is 3.10. The topological polar surface area (TPSA) is 51.2 Å². The van der Waals surface area contributed by atoms with Crippen LogP contribution in [0.15, 0.2) is 46.2 Å². The summed E-state index contributed by atoms with van der Waals surface area (Å²) in [7, 11) is 0. The molecule has 0 amide bonds. The molecule has 0 bridgehead atoms. The van der Waals surface area contributed by atoms with Crippen LogP contribution < -0.4 is 11.3 Å². The van der Waals surface area contributed by atoms with Crippen LogP contribution in [0.25, 0.3) is 11.0 Å². The first-order chi connectivity index (χ1) is 8.79. The van der Waals surface area contributed by atoms with Gasteiger partial charge in [-0.25, -0.2) is 5.43 Å². The summed E-state index contributed by atoms with van der Waals surface area (Å²) in [5, 5.41) is 3.17. The van der Waals surface area contributed by atoms with E-state index in [1.807, 2.05) is 30.3 Å². The Labute approximate surface area is 109 Å². The van der Waals surface area contributed by atoms with Crippen LogP contribution in [-0.4, -0.2) is 0 Å². The first kappa shape index (κ1) is 11.5. The molecular weight excluding hydrogens is 244 g/mol. The van der Waals surface area contributed by atoms with Gasteiger partial charge in [-0.15, -0.1) is 11.3 Å². The van der Waals surface area contributed by atoms with Crippen LogP contribution in [0.5, 0.6) is 0 Å². The van der Waals surface area contributed by atoms with Crippen molar-refractivity contribution in [3.63, 3.8) is 0 Å². The number of thiophene rings is 1. The molecule has 0 aliphatic rings. The maximum atomic E-state index is 5.86. The zero-order valence-electron chi connectivity index (χ0n) is 10.0. The van der Waals surface area contributed by atoms with Crippen LogP contribution in [0, 0.1) is 6.92 Å².